The molecular weight excluding hydrogens is 407 g/mol. The van der Waals surface area contributed by atoms with Crippen LogP contribution in [0.2, 0.25) is 5.02 Å². The highest BCUT2D eigenvalue weighted by Gasteiger charge is 2.18. The van der Waals surface area contributed by atoms with Crippen LogP contribution in [-0.2, 0) is 17.1 Å². The van der Waals surface area contributed by atoms with E-state index in [4.69, 9.17) is 11.6 Å². The summed E-state index contributed by atoms with van der Waals surface area (Å²) in [5, 5.41) is 3.16. The van der Waals surface area contributed by atoms with Crippen molar-refractivity contribution in [1.29, 1.82) is 0 Å². The lowest BCUT2D eigenvalue weighted by Crippen LogP contribution is -2.18. The molecule has 0 unspecified atom stereocenters. The number of anilines is 3. The molecule has 7 nitrogen and oxygen atoms in total. The maximum Gasteiger partial charge on any atom is 0.261 e. The molecule has 1 heterocycles. The minimum Gasteiger partial charge on any atom is -0.352 e. The van der Waals surface area contributed by atoms with Crippen molar-refractivity contribution in [3.8, 4) is 0 Å². The molecule has 0 atom stereocenters. The number of nitrogens with one attached hydrogen (secondary N) is 2. The maximum atomic E-state index is 14.4. The van der Waals surface area contributed by atoms with Crippen LogP contribution in [0.4, 0.5) is 21.5 Å². The van der Waals surface area contributed by atoms with Gasteiger partial charge in [0.25, 0.3) is 5.56 Å². The smallest absolute Gasteiger partial charge is 0.261 e. The Balaban J connectivity index is 2.11. The molecular formula is C18H18ClFN4O3S. The number of fused-ring (bicyclic) bond motifs is 1. The third kappa shape index (κ3) is 3.67. The Morgan fingerprint density at radius 1 is 1.21 bits per heavy atom. The number of nitrogens with zero attached hydrogens (tertiary/aromatic N) is 2. The van der Waals surface area contributed by atoms with Gasteiger partial charge in [-0.1, -0.05) is 11.6 Å². The topological polar surface area (TPSA) is 93.1 Å². The number of hydrogen-bond donors (Lipinski definition) is 2. The van der Waals surface area contributed by atoms with Crippen molar-refractivity contribution in [2.75, 3.05) is 15.8 Å². The van der Waals surface area contributed by atoms with Crippen LogP contribution < -0.4 is 15.6 Å². The summed E-state index contributed by atoms with van der Waals surface area (Å²) in [6, 6.07) is 5.66. The number of sulfonamides is 1. The van der Waals surface area contributed by atoms with Gasteiger partial charge in [0, 0.05) is 12.7 Å². The minimum absolute atomic E-state index is 0.0587. The molecule has 2 aromatic carbocycles. The summed E-state index contributed by atoms with van der Waals surface area (Å²) < 4.78 is 41.7. The predicted molar refractivity (Wildman–Crippen MR) is 109 cm³/mol. The average molecular weight is 425 g/mol. The van der Waals surface area contributed by atoms with Gasteiger partial charge in [-0.3, -0.25) is 9.52 Å². The van der Waals surface area contributed by atoms with Crippen molar-refractivity contribution in [1.82, 2.24) is 9.55 Å². The zero-order valence-electron chi connectivity index (χ0n) is 15.4. The van der Waals surface area contributed by atoms with Gasteiger partial charge in [-0.2, -0.15) is 0 Å². The molecule has 0 amide bonds. The van der Waals surface area contributed by atoms with E-state index in [1.807, 2.05) is 0 Å². The highest BCUT2D eigenvalue weighted by molar-refractivity contribution is 7.92. The first-order valence-corrected chi connectivity index (χ1v) is 10.4. The van der Waals surface area contributed by atoms with Gasteiger partial charge in [0.1, 0.15) is 5.82 Å². The van der Waals surface area contributed by atoms with E-state index in [-0.39, 0.29) is 27.7 Å². The molecule has 0 radical (unpaired) electrons. The fourth-order valence-electron chi connectivity index (χ4n) is 2.71. The van der Waals surface area contributed by atoms with Crippen molar-refractivity contribution >= 4 is 49.6 Å². The number of benzene rings is 2. The van der Waals surface area contributed by atoms with Crippen LogP contribution >= 0.6 is 11.6 Å². The summed E-state index contributed by atoms with van der Waals surface area (Å²) in [5.74, 6) is -0.813. The van der Waals surface area contributed by atoms with Crippen LogP contribution in [0.15, 0.2) is 35.4 Å². The van der Waals surface area contributed by atoms with E-state index in [9.17, 15) is 17.6 Å². The van der Waals surface area contributed by atoms with Crippen LogP contribution in [0.5, 0.6) is 0 Å². The van der Waals surface area contributed by atoms with Crippen molar-refractivity contribution in [3.63, 3.8) is 0 Å². The fourth-order valence-corrected chi connectivity index (χ4v) is 3.66. The molecule has 0 aliphatic heterocycles. The number of halogens is 2. The SMILES string of the molecule is CCS(=O)(=O)Nc1ccc(F)c(Nc2ccc3ncn(C)c(=O)c3c2C)c1Cl. The van der Waals surface area contributed by atoms with Crippen LogP contribution in [0.1, 0.15) is 12.5 Å². The Labute approximate surface area is 166 Å². The predicted octanol–water partition coefficient (Wildman–Crippen LogP) is 3.54. The lowest BCUT2D eigenvalue weighted by atomic mass is 10.1. The largest absolute Gasteiger partial charge is 0.352 e. The normalized spacial score (nSPS) is 11.6. The second kappa shape index (κ2) is 7.40. The molecule has 1 aromatic heterocycles. The van der Waals surface area contributed by atoms with Gasteiger partial charge >= 0.3 is 0 Å². The van der Waals surface area contributed by atoms with Crippen LogP contribution in [-0.4, -0.2) is 23.7 Å². The number of rotatable bonds is 5. The van der Waals surface area contributed by atoms with Crippen molar-refractivity contribution in [2.24, 2.45) is 7.05 Å². The Bertz CT molecular complexity index is 1240. The Kier molecular flexibility index (Phi) is 5.31. The summed E-state index contributed by atoms with van der Waals surface area (Å²) in [6.45, 7) is 3.19. The molecule has 148 valence electrons. The first kappa shape index (κ1) is 20.1. The molecule has 0 bridgehead atoms. The van der Waals surface area contributed by atoms with Gasteiger partial charge < -0.3 is 9.88 Å². The number of aryl methyl sites for hydroxylation is 2. The van der Waals surface area contributed by atoms with E-state index in [1.54, 1.807) is 26.1 Å². The Morgan fingerprint density at radius 3 is 2.57 bits per heavy atom. The average Bonchev–Trinajstić information content (AvgIpc) is 2.65. The summed E-state index contributed by atoms with van der Waals surface area (Å²) in [6.07, 6.45) is 1.43. The summed E-state index contributed by atoms with van der Waals surface area (Å²) in [5.41, 5.74) is 1.27. The monoisotopic (exact) mass is 424 g/mol. The third-order valence-electron chi connectivity index (χ3n) is 4.34. The molecule has 0 spiro atoms. The van der Waals surface area contributed by atoms with Gasteiger partial charge in [0.2, 0.25) is 10.0 Å². The Morgan fingerprint density at radius 2 is 1.89 bits per heavy atom. The van der Waals surface area contributed by atoms with Gasteiger partial charge in [-0.05, 0) is 43.7 Å². The molecule has 28 heavy (non-hydrogen) atoms. The van der Waals surface area contributed by atoms with Crippen molar-refractivity contribution < 1.29 is 12.8 Å². The van der Waals surface area contributed by atoms with Crippen LogP contribution in [0.3, 0.4) is 0 Å². The van der Waals surface area contributed by atoms with Crippen LogP contribution in [0.25, 0.3) is 10.9 Å². The summed E-state index contributed by atoms with van der Waals surface area (Å²) in [7, 11) is -1.99. The molecule has 3 aromatic rings. The van der Waals surface area contributed by atoms with E-state index < -0.39 is 15.8 Å². The fraction of sp³-hybridized carbons (Fsp3) is 0.222. The van der Waals surface area contributed by atoms with Crippen LogP contribution in [0, 0.1) is 12.7 Å². The molecule has 3 rings (SSSR count). The molecule has 0 aliphatic rings. The van der Waals surface area contributed by atoms with Gasteiger partial charge in [-0.15, -0.1) is 0 Å². The van der Waals surface area contributed by atoms with E-state index >= 15 is 0 Å². The quantitative estimate of drug-likeness (QED) is 0.653. The Hall–Kier alpha value is -2.65. The van der Waals surface area contributed by atoms with Gasteiger partial charge in [-0.25, -0.2) is 17.8 Å². The second-order valence-electron chi connectivity index (χ2n) is 6.21. The molecule has 10 heteroatoms. The highest BCUT2D eigenvalue weighted by atomic mass is 35.5. The van der Waals surface area contributed by atoms with Crippen molar-refractivity contribution in [2.45, 2.75) is 13.8 Å². The molecule has 0 saturated carbocycles. The van der Waals surface area contributed by atoms with Gasteiger partial charge in [0.15, 0.2) is 0 Å². The lowest BCUT2D eigenvalue weighted by Gasteiger charge is -2.16. The zero-order valence-corrected chi connectivity index (χ0v) is 16.9. The third-order valence-corrected chi connectivity index (χ3v) is 6.03. The van der Waals surface area contributed by atoms with Gasteiger partial charge in [0.05, 0.1) is 39.4 Å². The molecule has 0 aliphatic carbocycles. The van der Waals surface area contributed by atoms with E-state index in [0.29, 0.717) is 22.2 Å². The van der Waals surface area contributed by atoms with E-state index in [1.165, 1.54) is 23.9 Å². The number of hydrogen-bond acceptors (Lipinski definition) is 5. The first-order valence-electron chi connectivity index (χ1n) is 8.35. The zero-order chi connectivity index (χ0) is 20.6. The lowest BCUT2D eigenvalue weighted by molar-refractivity contribution is 0.602. The standard InChI is InChI=1S/C18H18ClFN4O3S/c1-4-28(26,27)23-14-6-5-11(20)17(16(14)19)22-12-7-8-13-15(10(12)2)18(25)24(3)9-21-13/h5-9,22-23H,4H2,1-3H3. The first-order chi connectivity index (χ1) is 13.1. The molecule has 0 fully saturated rings. The second-order valence-corrected chi connectivity index (χ2v) is 8.60. The summed E-state index contributed by atoms with van der Waals surface area (Å²) in [4.78, 5) is 16.7. The van der Waals surface area contributed by atoms with Crippen molar-refractivity contribution in [3.05, 3.63) is 57.3 Å². The minimum atomic E-state index is -3.58. The number of aromatic nitrogens is 2. The molecule has 0 saturated heterocycles. The molecule has 2 N–H and O–H groups in total. The highest BCUT2D eigenvalue weighted by Crippen LogP contribution is 2.36. The van der Waals surface area contributed by atoms with E-state index in [2.05, 4.69) is 15.0 Å². The maximum absolute atomic E-state index is 14.4. The summed E-state index contributed by atoms with van der Waals surface area (Å²) >= 11 is 6.25. The van der Waals surface area contributed by atoms with E-state index in [0.717, 1.165) is 6.07 Å².